The second kappa shape index (κ2) is 5.93. The van der Waals surface area contributed by atoms with Crippen LogP contribution in [0.1, 0.15) is 25.0 Å². The van der Waals surface area contributed by atoms with E-state index in [0.29, 0.717) is 18.1 Å². The van der Waals surface area contributed by atoms with Gasteiger partial charge in [-0.25, -0.2) is 4.98 Å². The molecule has 2 fully saturated rings. The average Bonchev–Trinajstić information content (AvgIpc) is 3.08. The number of hydrogen-bond acceptors (Lipinski definition) is 6. The molecule has 0 amide bonds. The number of nitrogens with one attached hydrogen (secondary N) is 1. The quantitative estimate of drug-likeness (QED) is 0.838. The van der Waals surface area contributed by atoms with Crippen molar-refractivity contribution in [1.82, 2.24) is 15.3 Å². The molecule has 3 rings (SSSR count). The van der Waals surface area contributed by atoms with E-state index >= 15 is 0 Å². The number of rotatable bonds is 4. The minimum Gasteiger partial charge on any atom is -0.378 e. The van der Waals surface area contributed by atoms with Gasteiger partial charge in [0.2, 0.25) is 5.95 Å². The zero-order chi connectivity index (χ0) is 13.9. The van der Waals surface area contributed by atoms with Gasteiger partial charge in [-0.15, -0.1) is 0 Å². The first-order valence-electron chi connectivity index (χ1n) is 7.42. The lowest BCUT2D eigenvalue weighted by atomic mass is 10.1. The molecule has 1 aromatic heterocycles. The van der Waals surface area contributed by atoms with Gasteiger partial charge >= 0.3 is 0 Å². The number of anilines is 2. The highest BCUT2D eigenvalue weighted by Crippen LogP contribution is 2.22. The van der Waals surface area contributed by atoms with Crippen molar-refractivity contribution in [2.75, 3.05) is 37.4 Å². The second-order valence-electron chi connectivity index (χ2n) is 5.64. The van der Waals surface area contributed by atoms with Gasteiger partial charge in [-0.2, -0.15) is 4.98 Å². The Balaban J connectivity index is 1.72. The molecule has 20 heavy (non-hydrogen) atoms. The fraction of sp³-hybridized carbons (Fsp3) is 0.714. The van der Waals surface area contributed by atoms with Gasteiger partial charge < -0.3 is 20.7 Å². The first-order chi connectivity index (χ1) is 9.74. The molecule has 110 valence electrons. The third kappa shape index (κ3) is 3.02. The van der Waals surface area contributed by atoms with Gasteiger partial charge in [0.15, 0.2) is 0 Å². The van der Waals surface area contributed by atoms with Gasteiger partial charge in [0, 0.05) is 38.2 Å². The molecule has 2 saturated heterocycles. The van der Waals surface area contributed by atoms with Crippen LogP contribution in [-0.2, 0) is 11.2 Å². The van der Waals surface area contributed by atoms with Crippen LogP contribution in [0.4, 0.5) is 11.8 Å². The van der Waals surface area contributed by atoms with E-state index in [4.69, 9.17) is 10.5 Å². The van der Waals surface area contributed by atoms with Crippen molar-refractivity contribution < 1.29 is 4.74 Å². The molecule has 0 saturated carbocycles. The number of nitrogen functional groups attached to an aromatic ring is 1. The highest BCUT2D eigenvalue weighted by Gasteiger charge is 2.23. The van der Waals surface area contributed by atoms with Gasteiger partial charge in [-0.1, -0.05) is 0 Å². The van der Waals surface area contributed by atoms with Gasteiger partial charge in [0.25, 0.3) is 0 Å². The van der Waals surface area contributed by atoms with Crippen LogP contribution >= 0.6 is 0 Å². The third-order valence-corrected chi connectivity index (χ3v) is 4.16. The Kier molecular flexibility index (Phi) is 4.03. The van der Waals surface area contributed by atoms with Gasteiger partial charge in [-0.3, -0.25) is 0 Å². The lowest BCUT2D eigenvalue weighted by Crippen LogP contribution is -2.30. The number of nitrogens with two attached hydrogens (primary N) is 1. The van der Waals surface area contributed by atoms with E-state index in [0.717, 1.165) is 56.9 Å². The van der Waals surface area contributed by atoms with Crippen LogP contribution in [0.5, 0.6) is 0 Å². The highest BCUT2D eigenvalue weighted by atomic mass is 16.5. The molecule has 2 atom stereocenters. The smallest absolute Gasteiger partial charge is 0.222 e. The van der Waals surface area contributed by atoms with E-state index in [-0.39, 0.29) is 0 Å². The van der Waals surface area contributed by atoms with Crippen molar-refractivity contribution in [3.8, 4) is 0 Å². The van der Waals surface area contributed by atoms with Gasteiger partial charge in [0.1, 0.15) is 5.82 Å². The monoisotopic (exact) mass is 277 g/mol. The first-order valence-corrected chi connectivity index (χ1v) is 7.42. The van der Waals surface area contributed by atoms with Crippen molar-refractivity contribution in [1.29, 1.82) is 0 Å². The molecule has 6 nitrogen and oxygen atoms in total. The highest BCUT2D eigenvalue weighted by molar-refractivity contribution is 5.45. The molecule has 3 heterocycles. The van der Waals surface area contributed by atoms with E-state index in [9.17, 15) is 0 Å². The fourth-order valence-corrected chi connectivity index (χ4v) is 3.01. The third-order valence-electron chi connectivity index (χ3n) is 4.16. The van der Waals surface area contributed by atoms with Crippen molar-refractivity contribution in [2.45, 2.75) is 37.8 Å². The van der Waals surface area contributed by atoms with E-state index in [1.165, 1.54) is 0 Å². The Labute approximate surface area is 119 Å². The normalized spacial score (nSPS) is 26.4. The van der Waals surface area contributed by atoms with Crippen LogP contribution in [0, 0.1) is 0 Å². The summed E-state index contributed by atoms with van der Waals surface area (Å²) < 4.78 is 5.67. The summed E-state index contributed by atoms with van der Waals surface area (Å²) in [5.41, 5.74) is 6.86. The predicted molar refractivity (Wildman–Crippen MR) is 78.8 cm³/mol. The molecule has 3 N–H and O–H groups in total. The van der Waals surface area contributed by atoms with Crippen molar-refractivity contribution in [2.24, 2.45) is 0 Å². The molecule has 0 aromatic carbocycles. The summed E-state index contributed by atoms with van der Waals surface area (Å²) in [4.78, 5) is 11.0. The molecule has 0 bridgehead atoms. The zero-order valence-electron chi connectivity index (χ0n) is 12.0. The lowest BCUT2D eigenvalue weighted by molar-refractivity contribution is 0.110. The van der Waals surface area contributed by atoms with E-state index in [1.54, 1.807) is 0 Å². The molecular formula is C14H23N5O. The number of ether oxygens (including phenoxy) is 1. The summed E-state index contributed by atoms with van der Waals surface area (Å²) in [7, 11) is 2.01. The summed E-state index contributed by atoms with van der Waals surface area (Å²) in [5.74, 6) is 1.31. The van der Waals surface area contributed by atoms with Crippen LogP contribution in [0.25, 0.3) is 0 Å². The Morgan fingerprint density at radius 2 is 2.35 bits per heavy atom. The Hall–Kier alpha value is -1.40. The fourth-order valence-electron chi connectivity index (χ4n) is 3.01. The molecule has 0 radical (unpaired) electrons. The molecule has 0 aliphatic carbocycles. The van der Waals surface area contributed by atoms with E-state index < -0.39 is 0 Å². The summed E-state index contributed by atoms with van der Waals surface area (Å²) in [6.45, 7) is 2.86. The number of aromatic nitrogens is 2. The first kappa shape index (κ1) is 13.6. The standard InChI is InChI=1S/C14H23N5O/c1-16-10-4-5-19(9-10)13-8-11(17-14(15)18-13)7-12-3-2-6-20-12/h8,10,12,16H,2-7,9H2,1H3,(H2,15,17,18). The van der Waals surface area contributed by atoms with Crippen LogP contribution < -0.4 is 16.0 Å². The maximum atomic E-state index is 5.86. The molecule has 2 unspecified atom stereocenters. The molecule has 6 heteroatoms. The van der Waals surface area contributed by atoms with Crippen molar-refractivity contribution in [3.63, 3.8) is 0 Å². The van der Waals surface area contributed by atoms with Gasteiger partial charge in [0.05, 0.1) is 11.8 Å². The molecule has 0 spiro atoms. The second-order valence-corrected chi connectivity index (χ2v) is 5.64. The minimum absolute atomic E-state index is 0.292. The lowest BCUT2D eigenvalue weighted by Gasteiger charge is -2.19. The largest absolute Gasteiger partial charge is 0.378 e. The van der Waals surface area contributed by atoms with Crippen LogP contribution in [0.15, 0.2) is 6.07 Å². The molecular weight excluding hydrogens is 254 g/mol. The topological polar surface area (TPSA) is 76.3 Å². The van der Waals surface area contributed by atoms with Crippen LogP contribution in [0.2, 0.25) is 0 Å². The van der Waals surface area contributed by atoms with Crippen molar-refractivity contribution >= 4 is 11.8 Å². The Bertz CT molecular complexity index is 461. The Morgan fingerprint density at radius 3 is 3.05 bits per heavy atom. The zero-order valence-corrected chi connectivity index (χ0v) is 12.0. The van der Waals surface area contributed by atoms with E-state index in [1.807, 2.05) is 7.05 Å². The van der Waals surface area contributed by atoms with Crippen LogP contribution in [-0.4, -0.2) is 48.9 Å². The molecule has 2 aliphatic heterocycles. The average molecular weight is 277 g/mol. The summed E-state index contributed by atoms with van der Waals surface area (Å²) in [6, 6.07) is 2.60. The predicted octanol–water partition coefficient (Wildman–Crippen LogP) is 0.578. The maximum Gasteiger partial charge on any atom is 0.222 e. The van der Waals surface area contributed by atoms with E-state index in [2.05, 4.69) is 26.3 Å². The molecule has 2 aliphatic rings. The summed E-state index contributed by atoms with van der Waals surface area (Å²) >= 11 is 0. The van der Waals surface area contributed by atoms with Crippen molar-refractivity contribution in [3.05, 3.63) is 11.8 Å². The number of hydrogen-bond donors (Lipinski definition) is 2. The number of nitrogens with zero attached hydrogens (tertiary/aromatic N) is 3. The maximum absolute atomic E-state index is 5.86. The molecule has 1 aromatic rings. The number of likely N-dealkylation sites (N-methyl/N-ethyl adjacent to an activating group) is 1. The Morgan fingerprint density at radius 1 is 1.45 bits per heavy atom. The summed E-state index contributed by atoms with van der Waals surface area (Å²) in [6.07, 6.45) is 4.53. The van der Waals surface area contributed by atoms with Gasteiger partial charge in [-0.05, 0) is 26.3 Å². The van der Waals surface area contributed by atoms with Crippen LogP contribution in [0.3, 0.4) is 0 Å². The minimum atomic E-state index is 0.292. The summed E-state index contributed by atoms with van der Waals surface area (Å²) in [5, 5.41) is 3.32. The SMILES string of the molecule is CNC1CCN(c2cc(CC3CCCO3)nc(N)n2)C1.